The van der Waals surface area contributed by atoms with Gasteiger partial charge in [-0.15, -0.1) is 0 Å². The van der Waals surface area contributed by atoms with Crippen LogP contribution in [-0.4, -0.2) is 86.3 Å². The van der Waals surface area contributed by atoms with Gasteiger partial charge in [0, 0.05) is 53.4 Å². The van der Waals surface area contributed by atoms with Crippen LogP contribution in [0.2, 0.25) is 0 Å². The Kier molecular flexibility index (Phi) is 15.5. The van der Waals surface area contributed by atoms with Crippen LogP contribution >= 0.6 is 0 Å². The molecular formula is C53H61FN8O11. The second-order valence-electron chi connectivity index (χ2n) is 19.4. The molecule has 2 aromatic carbocycles. The van der Waals surface area contributed by atoms with Crippen molar-refractivity contribution in [2.45, 2.75) is 135 Å². The maximum absolute atomic E-state index is 15.4. The number of carbonyl (C=O) groups excluding carboxylic acids is 7. The number of ether oxygens (including phenoxy) is 2. The van der Waals surface area contributed by atoms with E-state index in [-0.39, 0.29) is 80.3 Å². The first-order chi connectivity index (χ1) is 34.9. The number of benzene rings is 2. The lowest BCUT2D eigenvalue weighted by atomic mass is 9.81. The van der Waals surface area contributed by atoms with Gasteiger partial charge in [-0.3, -0.25) is 33.7 Å². The molecule has 19 nitrogen and oxygen atoms in total. The lowest BCUT2D eigenvalue weighted by Gasteiger charge is -2.31. The number of cyclic esters (lactones) is 1. The smallest absolute Gasteiger partial charge is 0.407 e. The van der Waals surface area contributed by atoms with E-state index in [1.165, 1.54) is 22.8 Å². The summed E-state index contributed by atoms with van der Waals surface area (Å²) in [5, 5.41) is 23.5. The molecule has 1 unspecified atom stereocenters. The number of amides is 6. The van der Waals surface area contributed by atoms with Crippen LogP contribution in [0.25, 0.3) is 22.3 Å². The molecular weight excluding hydrogens is 944 g/mol. The number of aromatic nitrogens is 2. The molecule has 73 heavy (non-hydrogen) atoms. The van der Waals surface area contributed by atoms with E-state index in [1.54, 1.807) is 58.0 Å². The minimum absolute atomic E-state index is 0.0320. The molecule has 7 N–H and O–H groups in total. The number of imide groups is 1. The minimum atomic E-state index is -2.03. The van der Waals surface area contributed by atoms with Crippen molar-refractivity contribution < 1.29 is 52.5 Å². The van der Waals surface area contributed by atoms with Crippen molar-refractivity contribution in [1.29, 1.82) is 0 Å². The third-order valence-electron chi connectivity index (χ3n) is 14.3. The predicted molar refractivity (Wildman–Crippen MR) is 265 cm³/mol. The van der Waals surface area contributed by atoms with Crippen LogP contribution in [0, 0.1) is 18.7 Å². The summed E-state index contributed by atoms with van der Waals surface area (Å²) in [5.41, 5.74) is 8.19. The molecule has 8 rings (SSSR count). The molecule has 0 bridgehead atoms. The highest BCUT2D eigenvalue weighted by Gasteiger charge is 2.46. The molecule has 4 atom stereocenters. The number of esters is 1. The van der Waals surface area contributed by atoms with Gasteiger partial charge in [0.05, 0.1) is 35.1 Å². The molecule has 5 heterocycles. The van der Waals surface area contributed by atoms with Gasteiger partial charge in [0.15, 0.2) is 5.60 Å². The second kappa shape index (κ2) is 21.8. The van der Waals surface area contributed by atoms with Crippen molar-refractivity contribution in [2.24, 2.45) is 11.7 Å². The number of unbranched alkanes of at least 4 members (excludes halogenated alkanes) is 3. The van der Waals surface area contributed by atoms with E-state index < -0.39 is 59.0 Å². The Morgan fingerprint density at radius 1 is 0.959 bits per heavy atom. The number of anilines is 1. The number of aliphatic hydroxyl groups is 1. The number of fused-ring (bicyclic) bond motifs is 5. The Morgan fingerprint density at radius 3 is 2.40 bits per heavy atom. The maximum Gasteiger partial charge on any atom is 0.407 e. The SMILES string of the molecule is CC[C@@]1(O)C(=O)OCc2c1cc1n(c2=O)Cc2c-1nc1cc(F)c(C)c3c1c2[C@@H](NC(=O)OCc1ccc(NC(=O)[C@H](CCCCN)NC(=O)C(NC(=O)CCCCCN2C(=O)C=CC2=O)C(C)C)cc1)CC3. The largest absolute Gasteiger partial charge is 0.458 e. The Labute approximate surface area is 420 Å². The van der Waals surface area contributed by atoms with Crippen LogP contribution < -0.4 is 32.6 Å². The van der Waals surface area contributed by atoms with E-state index in [0.29, 0.717) is 102 Å². The molecule has 0 saturated heterocycles. The molecule has 20 heteroatoms. The Bertz CT molecular complexity index is 2970. The van der Waals surface area contributed by atoms with Gasteiger partial charge in [-0.1, -0.05) is 39.3 Å². The van der Waals surface area contributed by atoms with E-state index >= 15 is 4.39 Å². The summed E-state index contributed by atoms with van der Waals surface area (Å²) >= 11 is 0. The number of aryl methyl sites for hydroxylation is 1. The number of hydrogen-bond donors (Lipinski definition) is 6. The van der Waals surface area contributed by atoms with E-state index in [9.17, 15) is 43.5 Å². The van der Waals surface area contributed by atoms with Gasteiger partial charge in [-0.25, -0.2) is 19.0 Å². The standard InChI is InChI=1S/C53H61FN8O11/c1-5-53(71)35-23-40-47-33(25-62(40)50(68)34(35)27-72-51(53)69)45-37(18-17-32-29(4)36(54)24-39(57-47)44(32)45)59-52(70)73-26-30-13-15-31(16-14-30)56-48(66)38(11-8-9-21-55)58-49(67)46(28(2)3)60-41(63)12-7-6-10-22-61-42(64)19-20-43(61)65/h13-16,19-20,23-24,28,37-38,46,71H,5-12,17-18,21-22,25-27,55H2,1-4H3,(H,56,66)(H,58,67)(H,59,70)(H,60,63)/t37-,38-,46?,53-/m0/s1. The van der Waals surface area contributed by atoms with Crippen LogP contribution in [0.4, 0.5) is 14.9 Å². The lowest BCUT2D eigenvalue weighted by molar-refractivity contribution is -0.172. The maximum atomic E-state index is 15.4. The average Bonchev–Trinajstić information content (AvgIpc) is 3.90. The summed E-state index contributed by atoms with van der Waals surface area (Å²) < 4.78 is 27.8. The number of carbonyl (C=O) groups is 7. The first-order valence-corrected chi connectivity index (χ1v) is 24.9. The molecule has 386 valence electrons. The molecule has 3 aliphatic heterocycles. The van der Waals surface area contributed by atoms with Crippen molar-refractivity contribution in [3.63, 3.8) is 0 Å². The Morgan fingerprint density at radius 2 is 1.70 bits per heavy atom. The van der Waals surface area contributed by atoms with E-state index in [0.717, 1.165) is 10.5 Å². The number of hydrogen-bond acceptors (Lipinski definition) is 13. The first-order valence-electron chi connectivity index (χ1n) is 24.9. The molecule has 0 radical (unpaired) electrons. The molecule has 0 spiro atoms. The molecule has 2 aromatic heterocycles. The molecule has 6 amide bonds. The summed E-state index contributed by atoms with van der Waals surface area (Å²) in [6.07, 6.45) is 5.72. The van der Waals surface area contributed by atoms with Gasteiger partial charge in [0.1, 0.15) is 31.1 Å². The summed E-state index contributed by atoms with van der Waals surface area (Å²) in [5.74, 6) is -3.63. The van der Waals surface area contributed by atoms with E-state index in [2.05, 4.69) is 21.3 Å². The summed E-state index contributed by atoms with van der Waals surface area (Å²) in [4.78, 5) is 110. The number of halogens is 1. The second-order valence-corrected chi connectivity index (χ2v) is 19.4. The number of nitrogens with two attached hydrogens (primary N) is 1. The van der Waals surface area contributed by atoms with Gasteiger partial charge in [-0.05, 0) is 111 Å². The van der Waals surface area contributed by atoms with Crippen molar-refractivity contribution in [1.82, 2.24) is 30.4 Å². The Hall–Kier alpha value is -7.32. The quantitative estimate of drug-likeness (QED) is 0.0354. The van der Waals surface area contributed by atoms with Crippen LogP contribution in [-0.2, 0) is 70.0 Å². The fourth-order valence-corrected chi connectivity index (χ4v) is 10.1. The van der Waals surface area contributed by atoms with Crippen molar-refractivity contribution >= 4 is 58.2 Å². The van der Waals surface area contributed by atoms with Crippen LogP contribution in [0.15, 0.2) is 53.3 Å². The molecule has 4 aromatic rings. The van der Waals surface area contributed by atoms with Gasteiger partial charge in [-0.2, -0.15) is 0 Å². The van der Waals surface area contributed by atoms with Gasteiger partial charge < -0.3 is 46.1 Å². The van der Waals surface area contributed by atoms with E-state index in [1.807, 2.05) is 0 Å². The topological polar surface area (TPSA) is 270 Å². The summed E-state index contributed by atoms with van der Waals surface area (Å²) in [7, 11) is 0. The zero-order chi connectivity index (χ0) is 52.3. The minimum Gasteiger partial charge on any atom is -0.458 e. The number of nitrogens with zero attached hydrogens (tertiary/aromatic N) is 3. The van der Waals surface area contributed by atoms with Gasteiger partial charge in [0.2, 0.25) is 17.7 Å². The highest BCUT2D eigenvalue weighted by molar-refractivity contribution is 6.12. The molecule has 4 aliphatic rings. The average molecular weight is 1010 g/mol. The van der Waals surface area contributed by atoms with Crippen molar-refractivity contribution in [3.8, 4) is 11.4 Å². The highest BCUT2D eigenvalue weighted by atomic mass is 19.1. The summed E-state index contributed by atoms with van der Waals surface area (Å²) in [6.45, 7) is 7.19. The monoisotopic (exact) mass is 1000 g/mol. The number of alkyl carbamates (subject to hydrolysis) is 1. The van der Waals surface area contributed by atoms with Gasteiger partial charge in [0.25, 0.3) is 17.4 Å². The lowest BCUT2D eigenvalue weighted by Crippen LogP contribution is -2.54. The van der Waals surface area contributed by atoms with Crippen LogP contribution in [0.1, 0.15) is 124 Å². The van der Waals surface area contributed by atoms with Crippen molar-refractivity contribution in [2.75, 3.05) is 18.4 Å². The molecule has 0 saturated carbocycles. The first kappa shape index (κ1) is 52.0. The fraction of sp³-hybridized carbons (Fsp3) is 0.453. The molecule has 0 fully saturated rings. The molecule has 1 aliphatic carbocycles. The summed E-state index contributed by atoms with van der Waals surface area (Å²) in [6, 6.07) is 7.07. The fourth-order valence-electron chi connectivity index (χ4n) is 10.1. The van der Waals surface area contributed by atoms with E-state index in [4.69, 9.17) is 20.2 Å². The normalized spacial score (nSPS) is 18.2. The zero-order valence-corrected chi connectivity index (χ0v) is 41.4. The Balaban J connectivity index is 0.894. The highest BCUT2D eigenvalue weighted by Crippen LogP contribution is 2.46. The van der Waals surface area contributed by atoms with Crippen LogP contribution in [0.3, 0.4) is 0 Å². The third kappa shape index (κ3) is 10.6. The zero-order valence-electron chi connectivity index (χ0n) is 41.4. The predicted octanol–water partition coefficient (Wildman–Crippen LogP) is 4.62. The van der Waals surface area contributed by atoms with Gasteiger partial charge >= 0.3 is 12.1 Å². The third-order valence-corrected chi connectivity index (χ3v) is 14.3. The van der Waals surface area contributed by atoms with Crippen molar-refractivity contribution in [3.05, 3.63) is 104 Å². The number of nitrogens with one attached hydrogen (secondary N) is 4. The van der Waals surface area contributed by atoms with Crippen LogP contribution in [0.5, 0.6) is 0 Å². The number of pyridine rings is 2. The number of rotatable bonds is 20.